The summed E-state index contributed by atoms with van der Waals surface area (Å²) in [5, 5.41) is 10.6. The zero-order valence-corrected chi connectivity index (χ0v) is 7.68. The van der Waals surface area contributed by atoms with Crippen LogP contribution in [-0.2, 0) is 0 Å². The summed E-state index contributed by atoms with van der Waals surface area (Å²) in [6, 6.07) is 0. The van der Waals surface area contributed by atoms with Crippen LogP contribution in [0.4, 0.5) is 20.3 Å². The van der Waals surface area contributed by atoms with Gasteiger partial charge in [0.05, 0.1) is 4.92 Å². The van der Waals surface area contributed by atoms with Gasteiger partial charge < -0.3 is 11.5 Å². The van der Waals surface area contributed by atoms with E-state index in [4.69, 9.17) is 11.5 Å². The molecule has 16 heavy (non-hydrogen) atoms. The van der Waals surface area contributed by atoms with Crippen LogP contribution in [0, 0.1) is 10.1 Å². The molecule has 0 spiro atoms. The van der Waals surface area contributed by atoms with Gasteiger partial charge in [-0.2, -0.15) is 0 Å². The summed E-state index contributed by atoms with van der Waals surface area (Å²) >= 11 is 0. The second kappa shape index (κ2) is 4.04. The van der Waals surface area contributed by atoms with Gasteiger partial charge in [0.25, 0.3) is 18.0 Å². The fourth-order valence-corrected chi connectivity index (χ4v) is 1.13. The van der Waals surface area contributed by atoms with Crippen LogP contribution >= 0.6 is 0 Å². The molecule has 4 N–H and O–H groups in total. The van der Waals surface area contributed by atoms with Gasteiger partial charge in [-0.3, -0.25) is 14.9 Å². The molecule has 0 aliphatic heterocycles. The number of aromatic nitrogens is 1. The van der Waals surface area contributed by atoms with E-state index >= 15 is 0 Å². The number of primary amides is 1. The lowest BCUT2D eigenvalue weighted by atomic mass is 10.1. The van der Waals surface area contributed by atoms with E-state index in [1.165, 1.54) is 0 Å². The molecule has 1 heterocycles. The van der Waals surface area contributed by atoms with Gasteiger partial charge in [-0.1, -0.05) is 0 Å². The van der Waals surface area contributed by atoms with E-state index in [9.17, 15) is 23.7 Å². The van der Waals surface area contributed by atoms with E-state index in [1.54, 1.807) is 0 Å². The maximum absolute atomic E-state index is 12.4. The lowest BCUT2D eigenvalue weighted by Crippen LogP contribution is -2.18. The second-order valence-corrected chi connectivity index (χ2v) is 2.74. The van der Waals surface area contributed by atoms with Crippen molar-refractivity contribution < 1.29 is 18.5 Å². The van der Waals surface area contributed by atoms with Gasteiger partial charge in [-0.15, -0.1) is 0 Å². The zero-order valence-electron chi connectivity index (χ0n) is 7.68. The van der Waals surface area contributed by atoms with Crippen LogP contribution in [0.25, 0.3) is 0 Å². The summed E-state index contributed by atoms with van der Waals surface area (Å²) in [5.41, 5.74) is 7.08. The summed E-state index contributed by atoms with van der Waals surface area (Å²) in [5.74, 6) is -1.83. The predicted molar refractivity (Wildman–Crippen MR) is 48.8 cm³/mol. The Morgan fingerprint density at radius 2 is 2.12 bits per heavy atom. The Labute approximate surface area is 87.2 Å². The summed E-state index contributed by atoms with van der Waals surface area (Å²) in [7, 11) is 0. The molecule has 0 bridgehead atoms. The molecule has 0 unspecified atom stereocenters. The van der Waals surface area contributed by atoms with Gasteiger partial charge in [0.2, 0.25) is 0 Å². The molecule has 0 aromatic carbocycles. The number of pyridine rings is 1. The van der Waals surface area contributed by atoms with Crippen molar-refractivity contribution in [2.24, 2.45) is 5.73 Å². The molecule has 9 heteroatoms. The summed E-state index contributed by atoms with van der Waals surface area (Å²) < 4.78 is 24.9. The maximum Gasteiger partial charge on any atom is 0.296 e. The van der Waals surface area contributed by atoms with E-state index in [2.05, 4.69) is 4.98 Å². The maximum atomic E-state index is 12.4. The van der Waals surface area contributed by atoms with Crippen molar-refractivity contribution in [3.63, 3.8) is 0 Å². The number of hydrogen-bond acceptors (Lipinski definition) is 5. The minimum Gasteiger partial charge on any atom is -0.383 e. The van der Waals surface area contributed by atoms with Crippen LogP contribution < -0.4 is 11.5 Å². The molecule has 0 atom stereocenters. The molecule has 1 aromatic rings. The fraction of sp³-hybridized carbons (Fsp3) is 0.143. The normalized spacial score (nSPS) is 10.4. The Morgan fingerprint density at radius 1 is 1.56 bits per heavy atom. The lowest BCUT2D eigenvalue weighted by Gasteiger charge is -2.06. The van der Waals surface area contributed by atoms with Gasteiger partial charge in [0.1, 0.15) is 11.4 Å². The van der Waals surface area contributed by atoms with Gasteiger partial charge in [0, 0.05) is 6.20 Å². The average Bonchev–Trinajstić information content (AvgIpc) is 2.15. The highest BCUT2D eigenvalue weighted by molar-refractivity contribution is 6.01. The van der Waals surface area contributed by atoms with Crippen molar-refractivity contribution in [3.05, 3.63) is 27.4 Å². The van der Waals surface area contributed by atoms with Crippen LogP contribution in [0.15, 0.2) is 6.20 Å². The Morgan fingerprint density at radius 3 is 2.50 bits per heavy atom. The van der Waals surface area contributed by atoms with Crippen molar-refractivity contribution >= 4 is 17.4 Å². The third-order valence-electron chi connectivity index (χ3n) is 1.77. The van der Waals surface area contributed by atoms with E-state index in [0.717, 1.165) is 0 Å². The number of hydrogen-bond donors (Lipinski definition) is 2. The van der Waals surface area contributed by atoms with Crippen LogP contribution in [0.5, 0.6) is 0 Å². The van der Waals surface area contributed by atoms with Crippen molar-refractivity contribution in [3.8, 4) is 0 Å². The number of carbonyl (C=O) groups is 1. The van der Waals surface area contributed by atoms with Gasteiger partial charge in [0.15, 0.2) is 5.56 Å². The van der Waals surface area contributed by atoms with E-state index in [0.29, 0.717) is 6.20 Å². The summed E-state index contributed by atoms with van der Waals surface area (Å²) in [6.45, 7) is 0. The van der Waals surface area contributed by atoms with Crippen molar-refractivity contribution in [1.82, 2.24) is 4.98 Å². The molecule has 0 saturated carbocycles. The number of nitrogen functional groups attached to an aromatic ring is 1. The first-order valence-corrected chi connectivity index (χ1v) is 3.87. The van der Waals surface area contributed by atoms with E-state index in [-0.39, 0.29) is 0 Å². The van der Waals surface area contributed by atoms with Crippen molar-refractivity contribution in [1.29, 1.82) is 0 Å². The molecule has 0 aliphatic carbocycles. The van der Waals surface area contributed by atoms with Gasteiger partial charge >= 0.3 is 0 Å². The number of amides is 1. The standard InChI is InChI=1S/C7H6F2N4O3/c8-5(9)2-1-12-6(10)3(7(11)14)4(2)13(15)16/h1,5H,(H2,10,12)(H2,11,14). The largest absolute Gasteiger partial charge is 0.383 e. The molecule has 1 rings (SSSR count). The molecule has 0 fully saturated rings. The van der Waals surface area contributed by atoms with E-state index < -0.39 is 39.9 Å². The number of nitrogens with two attached hydrogens (primary N) is 2. The number of carbonyl (C=O) groups excluding carboxylic acids is 1. The smallest absolute Gasteiger partial charge is 0.296 e. The van der Waals surface area contributed by atoms with Crippen LogP contribution in [0.1, 0.15) is 22.3 Å². The Hall–Kier alpha value is -2.32. The third kappa shape index (κ3) is 1.87. The zero-order chi connectivity index (χ0) is 12.5. The fourth-order valence-electron chi connectivity index (χ4n) is 1.13. The van der Waals surface area contributed by atoms with Crippen LogP contribution in [0.3, 0.4) is 0 Å². The minimum atomic E-state index is -3.15. The van der Waals surface area contributed by atoms with E-state index in [1.807, 2.05) is 0 Å². The molecule has 0 saturated heterocycles. The van der Waals surface area contributed by atoms with Crippen molar-refractivity contribution in [2.45, 2.75) is 6.43 Å². The highest BCUT2D eigenvalue weighted by atomic mass is 19.3. The molecule has 0 radical (unpaired) electrons. The number of halogens is 2. The summed E-state index contributed by atoms with van der Waals surface area (Å²) in [4.78, 5) is 23.6. The molecule has 86 valence electrons. The average molecular weight is 232 g/mol. The SMILES string of the molecule is NC(=O)c1c(N)ncc(C(F)F)c1[N+](=O)[O-]. The number of nitrogens with zero attached hydrogens (tertiary/aromatic N) is 2. The lowest BCUT2D eigenvalue weighted by molar-refractivity contribution is -0.386. The van der Waals surface area contributed by atoms with Crippen molar-refractivity contribution in [2.75, 3.05) is 5.73 Å². The Bertz CT molecular complexity index is 463. The molecule has 1 amide bonds. The molecular formula is C7H6F2N4O3. The number of nitro groups is 1. The first-order valence-electron chi connectivity index (χ1n) is 3.87. The predicted octanol–water partition coefficient (Wildman–Crippen LogP) is 0.608. The quantitative estimate of drug-likeness (QED) is 0.583. The minimum absolute atomic E-state index is 0.546. The first-order chi connectivity index (χ1) is 7.36. The number of alkyl halides is 2. The van der Waals surface area contributed by atoms with Crippen LogP contribution in [-0.4, -0.2) is 15.8 Å². The molecule has 7 nitrogen and oxygen atoms in total. The first kappa shape index (κ1) is 11.8. The highest BCUT2D eigenvalue weighted by Gasteiger charge is 2.31. The van der Waals surface area contributed by atoms with Gasteiger partial charge in [-0.05, 0) is 0 Å². The molecule has 0 aliphatic rings. The van der Waals surface area contributed by atoms with Gasteiger partial charge in [-0.25, -0.2) is 13.8 Å². The number of rotatable bonds is 3. The number of anilines is 1. The Balaban J connectivity index is 3.63. The monoisotopic (exact) mass is 232 g/mol. The summed E-state index contributed by atoms with van der Waals surface area (Å²) in [6.07, 6.45) is -2.60. The second-order valence-electron chi connectivity index (χ2n) is 2.74. The third-order valence-corrected chi connectivity index (χ3v) is 1.77. The molecule has 1 aromatic heterocycles. The topological polar surface area (TPSA) is 125 Å². The van der Waals surface area contributed by atoms with Crippen LogP contribution in [0.2, 0.25) is 0 Å². The highest BCUT2D eigenvalue weighted by Crippen LogP contribution is 2.33. The Kier molecular flexibility index (Phi) is 2.97. The molecular weight excluding hydrogens is 226 g/mol.